The van der Waals surface area contributed by atoms with Crippen molar-refractivity contribution in [1.82, 2.24) is 4.90 Å². The maximum Gasteiger partial charge on any atom is 0.328 e. The zero-order valence-corrected chi connectivity index (χ0v) is 24.1. The van der Waals surface area contributed by atoms with Crippen molar-refractivity contribution in [3.63, 3.8) is 0 Å². The maximum atomic E-state index is 15.0. The van der Waals surface area contributed by atoms with Crippen LogP contribution in [0.3, 0.4) is 0 Å². The fraction of sp³-hybridized carbons (Fsp3) is 0.321. The van der Waals surface area contributed by atoms with Gasteiger partial charge in [0.05, 0.1) is 18.9 Å². The van der Waals surface area contributed by atoms with Crippen LogP contribution in [-0.4, -0.2) is 56.5 Å². The molecule has 2 saturated heterocycles. The van der Waals surface area contributed by atoms with E-state index < -0.39 is 110 Å². The molecular weight excluding hydrogens is 656 g/mol. The van der Waals surface area contributed by atoms with E-state index in [1.165, 1.54) is 25.3 Å². The molecule has 3 fully saturated rings. The lowest BCUT2D eigenvalue weighted by Crippen LogP contribution is -2.60. The second kappa shape index (κ2) is 9.88. The standard InChI is InChI=1S/C28H18Cl2F5N3O7/c1-45-8-2-5-13(39)11(6-8)15-9-3-4-10-14(23(41)38(22(10)40)26(36)44)12(9)7-27(29)24(42)37(25(43)28(15,27)30)21-19(34)17(32)16(31)18(33)20(21)35/h2-3,5-6,10,12,14-15,39H,4,7H2,1H3,(H2,36,44)/t10-,12+,14-,15+,27+,28-/m0/s1. The van der Waals surface area contributed by atoms with Crippen LogP contribution in [0, 0.1) is 46.8 Å². The van der Waals surface area contributed by atoms with Crippen molar-refractivity contribution >= 4 is 58.5 Å². The van der Waals surface area contributed by atoms with E-state index in [2.05, 4.69) is 0 Å². The van der Waals surface area contributed by atoms with Gasteiger partial charge in [-0.25, -0.2) is 31.6 Å². The molecule has 0 spiro atoms. The number of fused-ring (bicyclic) bond motifs is 4. The number of rotatable bonds is 3. The highest BCUT2D eigenvalue weighted by Gasteiger charge is 2.77. The Morgan fingerprint density at radius 3 is 2.13 bits per heavy atom. The summed E-state index contributed by atoms with van der Waals surface area (Å²) < 4.78 is 77.7. The number of phenols is 1. The van der Waals surface area contributed by atoms with Crippen molar-refractivity contribution in [3.8, 4) is 11.5 Å². The van der Waals surface area contributed by atoms with Gasteiger partial charge in [-0.2, -0.15) is 4.90 Å². The minimum Gasteiger partial charge on any atom is -0.508 e. The largest absolute Gasteiger partial charge is 0.508 e. The number of anilines is 1. The molecule has 0 unspecified atom stereocenters. The van der Waals surface area contributed by atoms with Crippen LogP contribution in [0.2, 0.25) is 0 Å². The number of primary amides is 1. The summed E-state index contributed by atoms with van der Waals surface area (Å²) >= 11 is 13.9. The molecule has 0 radical (unpaired) electrons. The van der Waals surface area contributed by atoms with Gasteiger partial charge in [-0.1, -0.05) is 11.6 Å². The fourth-order valence-corrected chi connectivity index (χ4v) is 7.95. The third-order valence-corrected chi connectivity index (χ3v) is 10.4. The van der Waals surface area contributed by atoms with Gasteiger partial charge in [0.25, 0.3) is 11.8 Å². The van der Waals surface area contributed by atoms with Gasteiger partial charge < -0.3 is 15.6 Å². The third-order valence-electron chi connectivity index (χ3n) is 8.99. The number of likely N-dealkylation sites (tertiary alicyclic amines) is 1. The summed E-state index contributed by atoms with van der Waals surface area (Å²) in [6.45, 7) is 0. The first-order chi connectivity index (χ1) is 21.0. The molecule has 6 atom stereocenters. The maximum absolute atomic E-state index is 15.0. The zero-order chi connectivity index (χ0) is 33.1. The second-order valence-corrected chi connectivity index (χ2v) is 12.2. The Hall–Kier alpha value is -4.24. The topological polar surface area (TPSA) is 147 Å². The number of aromatic hydroxyl groups is 1. The van der Waals surface area contributed by atoms with E-state index in [0.29, 0.717) is 0 Å². The number of imide groups is 4. The van der Waals surface area contributed by atoms with Gasteiger partial charge in [0, 0.05) is 11.5 Å². The first-order valence-corrected chi connectivity index (χ1v) is 13.8. The van der Waals surface area contributed by atoms with Crippen LogP contribution in [0.15, 0.2) is 29.8 Å². The number of urea groups is 1. The molecule has 17 heteroatoms. The first-order valence-electron chi connectivity index (χ1n) is 13.1. The highest BCUT2D eigenvalue weighted by Crippen LogP contribution is 2.66. The van der Waals surface area contributed by atoms with Crippen molar-refractivity contribution in [2.45, 2.75) is 28.5 Å². The fourth-order valence-electron chi connectivity index (χ4n) is 7.02. The lowest BCUT2D eigenvalue weighted by atomic mass is 9.56. The van der Waals surface area contributed by atoms with Crippen LogP contribution in [0.1, 0.15) is 24.3 Å². The van der Waals surface area contributed by atoms with Gasteiger partial charge in [-0.05, 0) is 37.0 Å². The Morgan fingerprint density at radius 2 is 1.56 bits per heavy atom. The summed E-state index contributed by atoms with van der Waals surface area (Å²) in [5.41, 5.74) is 3.16. The Labute approximate surface area is 259 Å². The lowest BCUT2D eigenvalue weighted by molar-refractivity contribution is -0.136. The van der Waals surface area contributed by atoms with Gasteiger partial charge in [-0.3, -0.25) is 19.2 Å². The molecule has 0 bridgehead atoms. The number of benzene rings is 2. The summed E-state index contributed by atoms with van der Waals surface area (Å²) in [4.78, 5) is 60.9. The van der Waals surface area contributed by atoms with Crippen LogP contribution in [0.4, 0.5) is 32.4 Å². The van der Waals surface area contributed by atoms with E-state index in [1.807, 2.05) is 0 Å². The highest BCUT2D eigenvalue weighted by atomic mass is 35.5. The molecule has 0 aromatic heterocycles. The quantitative estimate of drug-likeness (QED) is 0.126. The molecule has 3 N–H and O–H groups in total. The Bertz CT molecular complexity index is 1800. The first kappa shape index (κ1) is 30.8. The minimum absolute atomic E-state index is 0.0685. The number of allylic oxidation sites excluding steroid dienone is 2. The average Bonchev–Trinajstić information content (AvgIpc) is 3.34. The number of carbonyl (C=O) groups is 5. The van der Waals surface area contributed by atoms with Crippen LogP contribution >= 0.6 is 23.2 Å². The van der Waals surface area contributed by atoms with Gasteiger partial charge in [0.2, 0.25) is 17.6 Å². The average molecular weight is 674 g/mol. The van der Waals surface area contributed by atoms with E-state index in [-0.39, 0.29) is 33.1 Å². The number of nitrogens with two attached hydrogens (primary N) is 1. The molecule has 45 heavy (non-hydrogen) atoms. The number of amides is 6. The Morgan fingerprint density at radius 1 is 0.956 bits per heavy atom. The van der Waals surface area contributed by atoms with Crippen molar-refractivity contribution in [2.75, 3.05) is 12.0 Å². The molecule has 6 amide bonds. The third kappa shape index (κ3) is 3.70. The van der Waals surface area contributed by atoms with E-state index in [9.17, 15) is 42.3 Å². The van der Waals surface area contributed by atoms with Crippen LogP contribution < -0.4 is 15.4 Å². The SMILES string of the molecule is COc1ccc(O)c([C@H]2C3=CC[C@@H]4C(=O)N(C(N)=O)C(=O)[C@@H]4[C@@H]3C[C@@]3(Cl)C(=O)N(c4c(F)c(F)c(F)c(F)c4F)C(=O)[C@@]23Cl)c1. The predicted molar refractivity (Wildman–Crippen MR) is 143 cm³/mol. The number of alkyl halides is 2. The Balaban J connectivity index is 1.63. The number of hydrogen-bond acceptors (Lipinski definition) is 7. The molecule has 236 valence electrons. The van der Waals surface area contributed by atoms with Gasteiger partial charge in [-0.15, -0.1) is 23.2 Å². The number of ether oxygens (including phenoxy) is 1. The summed E-state index contributed by atoms with van der Waals surface area (Å²) in [6, 6.07) is 2.26. The zero-order valence-electron chi connectivity index (χ0n) is 22.5. The normalized spacial score (nSPS) is 30.7. The number of phenolic OH excluding ortho intramolecular Hbond substituents is 1. The summed E-state index contributed by atoms with van der Waals surface area (Å²) in [6.07, 6.45) is 0.400. The highest BCUT2D eigenvalue weighted by molar-refractivity contribution is 6.58. The number of halogens is 7. The van der Waals surface area contributed by atoms with Gasteiger partial charge >= 0.3 is 6.03 Å². The predicted octanol–water partition coefficient (Wildman–Crippen LogP) is 3.74. The molecule has 4 aliphatic rings. The Kier molecular flexibility index (Phi) is 6.76. The molecule has 2 aliphatic heterocycles. The van der Waals surface area contributed by atoms with E-state index >= 15 is 8.78 Å². The number of nitrogens with zero attached hydrogens (tertiary/aromatic N) is 2. The molecule has 2 aliphatic carbocycles. The van der Waals surface area contributed by atoms with Crippen LogP contribution in [-0.2, 0) is 19.2 Å². The minimum atomic E-state index is -2.83. The van der Waals surface area contributed by atoms with Gasteiger partial charge in [0.1, 0.15) is 17.2 Å². The monoisotopic (exact) mass is 673 g/mol. The molecule has 2 aromatic rings. The molecule has 2 aromatic carbocycles. The molecule has 2 heterocycles. The van der Waals surface area contributed by atoms with Crippen molar-refractivity contribution in [2.24, 2.45) is 23.5 Å². The lowest BCUT2D eigenvalue weighted by Gasteiger charge is -2.50. The molecule has 10 nitrogen and oxygen atoms in total. The summed E-state index contributed by atoms with van der Waals surface area (Å²) in [5, 5.41) is 11.0. The number of hydrogen-bond donors (Lipinski definition) is 2. The summed E-state index contributed by atoms with van der Waals surface area (Å²) in [7, 11) is 1.25. The number of methoxy groups -OCH3 is 1. The van der Waals surface area contributed by atoms with Crippen molar-refractivity contribution in [1.29, 1.82) is 0 Å². The van der Waals surface area contributed by atoms with Crippen LogP contribution in [0.25, 0.3) is 0 Å². The summed E-state index contributed by atoms with van der Waals surface area (Å²) in [5.74, 6) is -24.0. The van der Waals surface area contributed by atoms with Gasteiger partial charge in [0.15, 0.2) is 33.0 Å². The van der Waals surface area contributed by atoms with E-state index in [4.69, 9.17) is 33.7 Å². The molecule has 1 saturated carbocycles. The van der Waals surface area contributed by atoms with Crippen molar-refractivity contribution in [3.05, 3.63) is 64.5 Å². The second-order valence-electron chi connectivity index (χ2n) is 11.0. The molecule has 6 rings (SSSR count). The van der Waals surface area contributed by atoms with Crippen molar-refractivity contribution < 1.29 is 55.8 Å². The van der Waals surface area contributed by atoms with Crippen LogP contribution in [0.5, 0.6) is 11.5 Å². The molecular formula is C28H18Cl2F5N3O7. The number of carbonyl (C=O) groups excluding carboxylic acids is 5. The smallest absolute Gasteiger partial charge is 0.328 e. The van der Waals surface area contributed by atoms with E-state index in [1.54, 1.807) is 0 Å². The van der Waals surface area contributed by atoms with E-state index in [0.717, 1.165) is 6.07 Å².